The van der Waals surface area contributed by atoms with Crippen molar-refractivity contribution in [2.75, 3.05) is 32.8 Å². The smallest absolute Gasteiger partial charge is 0.225 e. The maximum atomic E-state index is 12.8. The predicted molar refractivity (Wildman–Crippen MR) is 114 cm³/mol. The van der Waals surface area contributed by atoms with E-state index in [2.05, 4.69) is 34.5 Å². The van der Waals surface area contributed by atoms with Crippen LogP contribution in [-0.4, -0.2) is 49.2 Å². The molecule has 1 saturated heterocycles. The minimum Gasteiger partial charge on any atom is -0.379 e. The van der Waals surface area contributed by atoms with Crippen molar-refractivity contribution in [1.29, 1.82) is 0 Å². The van der Waals surface area contributed by atoms with Gasteiger partial charge in [0.2, 0.25) is 5.91 Å². The van der Waals surface area contributed by atoms with Crippen LogP contribution in [0.3, 0.4) is 0 Å². The summed E-state index contributed by atoms with van der Waals surface area (Å²) in [5, 5.41) is 3.20. The molecule has 1 heterocycles. The Labute approximate surface area is 175 Å². The van der Waals surface area contributed by atoms with Crippen LogP contribution in [-0.2, 0) is 9.53 Å². The number of rotatable bonds is 5. The van der Waals surface area contributed by atoms with Crippen LogP contribution in [0.4, 0.5) is 0 Å². The molecule has 1 amide bonds. The van der Waals surface area contributed by atoms with Gasteiger partial charge in [0.05, 0.1) is 25.2 Å². The number of hydrogen-bond acceptors (Lipinski definition) is 4. The fraction of sp³-hybridized carbons (Fsp3) is 0.650. The summed E-state index contributed by atoms with van der Waals surface area (Å²) >= 11 is 0. The number of benzene rings is 1. The number of ether oxygens (including phenoxy) is 1. The molecule has 1 saturated carbocycles. The molecular weight excluding hydrogens is 385 g/mol. The Morgan fingerprint density at radius 3 is 2.56 bits per heavy atom. The molecule has 7 heteroatoms. The largest absolute Gasteiger partial charge is 0.379 e. The lowest BCUT2D eigenvalue weighted by Gasteiger charge is -2.38. The Hall–Kier alpha value is -0.850. The molecule has 3 N–H and O–H groups in total. The molecule has 3 rings (SSSR count). The minimum absolute atomic E-state index is 0. The van der Waals surface area contributed by atoms with Crippen molar-refractivity contribution in [2.45, 2.75) is 44.2 Å². The molecular formula is C20H33Cl2N3O2. The number of halogens is 2. The highest BCUT2D eigenvalue weighted by molar-refractivity contribution is 5.85. The highest BCUT2D eigenvalue weighted by Crippen LogP contribution is 2.32. The molecule has 1 aromatic rings. The van der Waals surface area contributed by atoms with Gasteiger partial charge >= 0.3 is 0 Å². The van der Waals surface area contributed by atoms with Crippen LogP contribution in [0.25, 0.3) is 0 Å². The van der Waals surface area contributed by atoms with E-state index in [4.69, 9.17) is 10.5 Å². The highest BCUT2D eigenvalue weighted by atomic mass is 35.5. The van der Waals surface area contributed by atoms with Crippen molar-refractivity contribution in [3.05, 3.63) is 35.9 Å². The first kappa shape index (κ1) is 24.2. The van der Waals surface area contributed by atoms with Crippen LogP contribution in [0.2, 0.25) is 0 Å². The topological polar surface area (TPSA) is 67.6 Å². The fourth-order valence-electron chi connectivity index (χ4n) is 4.13. The van der Waals surface area contributed by atoms with Crippen molar-refractivity contribution in [3.63, 3.8) is 0 Å². The van der Waals surface area contributed by atoms with E-state index < -0.39 is 0 Å². The van der Waals surface area contributed by atoms with Crippen molar-refractivity contribution in [1.82, 2.24) is 10.2 Å². The molecule has 2 aliphatic rings. The molecule has 0 spiro atoms. The van der Waals surface area contributed by atoms with Gasteiger partial charge in [0, 0.05) is 25.2 Å². The van der Waals surface area contributed by atoms with Crippen LogP contribution in [0, 0.1) is 5.92 Å². The predicted octanol–water partition coefficient (Wildman–Crippen LogP) is 2.93. The monoisotopic (exact) mass is 417 g/mol. The van der Waals surface area contributed by atoms with Crippen molar-refractivity contribution in [2.24, 2.45) is 11.7 Å². The third-order valence-corrected chi connectivity index (χ3v) is 5.71. The summed E-state index contributed by atoms with van der Waals surface area (Å²) in [5.74, 6) is 0.0289. The van der Waals surface area contributed by atoms with Crippen LogP contribution in [0.5, 0.6) is 0 Å². The van der Waals surface area contributed by atoms with Gasteiger partial charge in [0.25, 0.3) is 0 Å². The number of amides is 1. The molecule has 3 atom stereocenters. The summed E-state index contributed by atoms with van der Waals surface area (Å²) in [4.78, 5) is 15.2. The second-order valence-electron chi connectivity index (χ2n) is 7.62. The minimum atomic E-state index is -0.385. The summed E-state index contributed by atoms with van der Waals surface area (Å²) in [6.07, 6.45) is 4.04. The Balaban J connectivity index is 0.00000182. The molecule has 27 heavy (non-hydrogen) atoms. The van der Waals surface area contributed by atoms with Crippen molar-refractivity contribution in [3.8, 4) is 0 Å². The first-order chi connectivity index (χ1) is 12.1. The van der Waals surface area contributed by atoms with Gasteiger partial charge in [-0.1, -0.05) is 43.2 Å². The van der Waals surface area contributed by atoms with E-state index in [-0.39, 0.29) is 48.2 Å². The van der Waals surface area contributed by atoms with Crippen LogP contribution in [0.15, 0.2) is 30.3 Å². The second kappa shape index (κ2) is 11.2. The van der Waals surface area contributed by atoms with Crippen molar-refractivity contribution >= 4 is 30.7 Å². The highest BCUT2D eigenvalue weighted by Gasteiger charge is 2.38. The zero-order valence-corrected chi connectivity index (χ0v) is 17.7. The normalized spacial score (nSPS) is 27.0. The SMILES string of the molecule is CC1(N)CCCCC1C(=O)NCC(c1ccccc1)N1CCOCC1.Cl.Cl. The van der Waals surface area contributed by atoms with Gasteiger partial charge in [-0.2, -0.15) is 0 Å². The van der Waals surface area contributed by atoms with E-state index in [1.807, 2.05) is 13.0 Å². The van der Waals surface area contributed by atoms with Crippen LogP contribution in [0.1, 0.15) is 44.2 Å². The average Bonchev–Trinajstić information content (AvgIpc) is 2.63. The molecule has 154 valence electrons. The molecule has 1 aliphatic carbocycles. The third-order valence-electron chi connectivity index (χ3n) is 5.71. The molecule has 2 fully saturated rings. The average molecular weight is 418 g/mol. The summed E-state index contributed by atoms with van der Waals surface area (Å²) < 4.78 is 5.49. The Morgan fingerprint density at radius 1 is 1.26 bits per heavy atom. The number of carbonyl (C=O) groups is 1. The number of hydrogen-bond donors (Lipinski definition) is 2. The Kier molecular flexibility index (Phi) is 10.1. The quantitative estimate of drug-likeness (QED) is 0.772. The van der Waals surface area contributed by atoms with E-state index in [1.54, 1.807) is 0 Å². The third kappa shape index (κ3) is 6.33. The van der Waals surface area contributed by atoms with Gasteiger partial charge in [-0.25, -0.2) is 0 Å². The lowest BCUT2D eigenvalue weighted by Crippen LogP contribution is -2.54. The second-order valence-corrected chi connectivity index (χ2v) is 7.62. The van der Waals surface area contributed by atoms with E-state index in [0.717, 1.165) is 52.0 Å². The number of nitrogens with zero attached hydrogens (tertiary/aromatic N) is 1. The molecule has 1 aliphatic heterocycles. The van der Waals surface area contributed by atoms with Gasteiger partial charge in [-0.3, -0.25) is 9.69 Å². The summed E-state index contributed by atoms with van der Waals surface area (Å²) in [7, 11) is 0. The number of carbonyl (C=O) groups excluding carboxylic acids is 1. The molecule has 0 aromatic heterocycles. The summed E-state index contributed by atoms with van der Waals surface area (Å²) in [6.45, 7) is 5.94. The molecule has 1 aromatic carbocycles. The fourth-order valence-corrected chi connectivity index (χ4v) is 4.13. The van der Waals surface area contributed by atoms with E-state index in [9.17, 15) is 4.79 Å². The van der Waals surface area contributed by atoms with E-state index in [1.165, 1.54) is 5.56 Å². The number of nitrogens with one attached hydrogen (secondary N) is 1. The number of nitrogens with two attached hydrogens (primary N) is 1. The van der Waals surface area contributed by atoms with E-state index >= 15 is 0 Å². The molecule has 5 nitrogen and oxygen atoms in total. The van der Waals surface area contributed by atoms with Gasteiger partial charge in [-0.15, -0.1) is 24.8 Å². The zero-order chi connectivity index (χ0) is 17.7. The zero-order valence-electron chi connectivity index (χ0n) is 16.1. The van der Waals surface area contributed by atoms with Crippen LogP contribution < -0.4 is 11.1 Å². The van der Waals surface area contributed by atoms with Crippen molar-refractivity contribution < 1.29 is 9.53 Å². The first-order valence-electron chi connectivity index (χ1n) is 9.51. The van der Waals surface area contributed by atoms with Gasteiger partial charge in [0.1, 0.15) is 0 Å². The summed E-state index contributed by atoms with van der Waals surface area (Å²) in [5.41, 5.74) is 7.25. The van der Waals surface area contributed by atoms with Gasteiger partial charge in [0.15, 0.2) is 0 Å². The Morgan fingerprint density at radius 2 is 1.93 bits per heavy atom. The molecule has 0 radical (unpaired) electrons. The maximum absolute atomic E-state index is 12.8. The summed E-state index contributed by atoms with van der Waals surface area (Å²) in [6, 6.07) is 10.6. The van der Waals surface area contributed by atoms with E-state index in [0.29, 0.717) is 6.54 Å². The maximum Gasteiger partial charge on any atom is 0.225 e. The van der Waals surface area contributed by atoms with Gasteiger partial charge < -0.3 is 15.8 Å². The molecule has 3 unspecified atom stereocenters. The standard InChI is InChI=1S/C20H31N3O2.2ClH/c1-20(21)10-6-5-9-17(20)19(24)22-15-18(16-7-3-2-4-8-16)23-11-13-25-14-12-23;;/h2-4,7-8,17-18H,5-6,9-15,21H2,1H3,(H,22,24);2*1H. The first-order valence-corrected chi connectivity index (χ1v) is 9.51. The molecule has 0 bridgehead atoms. The van der Waals surface area contributed by atoms with Gasteiger partial charge in [-0.05, 0) is 25.3 Å². The number of morpholine rings is 1. The van der Waals surface area contributed by atoms with Crippen LogP contribution >= 0.6 is 24.8 Å². The lowest BCUT2D eigenvalue weighted by atomic mass is 9.74. The Bertz CT molecular complexity index is 566. The lowest BCUT2D eigenvalue weighted by molar-refractivity contribution is -0.128.